The van der Waals surface area contributed by atoms with Gasteiger partial charge in [0.15, 0.2) is 0 Å². The highest BCUT2D eigenvalue weighted by Crippen LogP contribution is 2.33. The molecule has 3 heterocycles. The van der Waals surface area contributed by atoms with Crippen LogP contribution in [0, 0.1) is 12.7 Å². The second kappa shape index (κ2) is 6.08. The zero-order chi connectivity index (χ0) is 17.4. The maximum absolute atomic E-state index is 13.8. The highest BCUT2D eigenvalue weighted by atomic mass is 19.1. The molecule has 0 spiro atoms. The number of aromatic nitrogens is 3. The van der Waals surface area contributed by atoms with E-state index in [1.165, 1.54) is 6.07 Å². The third-order valence-corrected chi connectivity index (χ3v) is 4.38. The molecule has 3 aromatic rings. The SMILES string of the molecule is Cc1c(F)cccc1N1CC(c2nc(-c3ccncc3)no2)CC1=O. The van der Waals surface area contributed by atoms with Gasteiger partial charge in [-0.05, 0) is 31.2 Å². The van der Waals surface area contributed by atoms with E-state index in [0.717, 1.165) is 5.56 Å². The molecule has 25 heavy (non-hydrogen) atoms. The summed E-state index contributed by atoms with van der Waals surface area (Å²) in [7, 11) is 0. The summed E-state index contributed by atoms with van der Waals surface area (Å²) >= 11 is 0. The lowest BCUT2D eigenvalue weighted by Gasteiger charge is -2.18. The Labute approximate surface area is 143 Å². The minimum atomic E-state index is -0.327. The van der Waals surface area contributed by atoms with Gasteiger partial charge in [-0.3, -0.25) is 9.78 Å². The number of carbonyl (C=O) groups excluding carboxylic acids is 1. The lowest BCUT2D eigenvalue weighted by molar-refractivity contribution is -0.117. The summed E-state index contributed by atoms with van der Waals surface area (Å²) in [6, 6.07) is 8.31. The molecule has 1 aliphatic heterocycles. The predicted molar refractivity (Wildman–Crippen MR) is 88.4 cm³/mol. The number of pyridine rings is 1. The normalized spacial score (nSPS) is 17.3. The third-order valence-electron chi connectivity index (χ3n) is 4.38. The largest absolute Gasteiger partial charge is 0.339 e. The number of carbonyl (C=O) groups is 1. The molecule has 1 amide bonds. The summed E-state index contributed by atoms with van der Waals surface area (Å²) < 4.78 is 19.1. The summed E-state index contributed by atoms with van der Waals surface area (Å²) in [5.41, 5.74) is 1.84. The molecular formula is C18H15FN4O2. The van der Waals surface area contributed by atoms with Gasteiger partial charge in [0.25, 0.3) is 0 Å². The van der Waals surface area contributed by atoms with E-state index in [1.807, 2.05) is 0 Å². The lowest BCUT2D eigenvalue weighted by Crippen LogP contribution is -2.25. The van der Waals surface area contributed by atoms with Crippen molar-refractivity contribution in [1.29, 1.82) is 0 Å². The Hall–Kier alpha value is -3.09. The van der Waals surface area contributed by atoms with Crippen LogP contribution in [0.15, 0.2) is 47.2 Å². The molecule has 1 aromatic carbocycles. The monoisotopic (exact) mass is 338 g/mol. The highest BCUT2D eigenvalue weighted by molar-refractivity contribution is 5.97. The van der Waals surface area contributed by atoms with Gasteiger partial charge in [0.1, 0.15) is 5.82 Å². The Kier molecular flexibility index (Phi) is 3.76. The van der Waals surface area contributed by atoms with Gasteiger partial charge >= 0.3 is 0 Å². The van der Waals surface area contributed by atoms with Crippen molar-refractivity contribution in [1.82, 2.24) is 15.1 Å². The van der Waals surface area contributed by atoms with Crippen molar-refractivity contribution in [3.05, 3.63) is 60.0 Å². The van der Waals surface area contributed by atoms with E-state index in [-0.39, 0.29) is 24.1 Å². The fourth-order valence-electron chi connectivity index (χ4n) is 3.01. The van der Waals surface area contributed by atoms with Crippen LogP contribution in [0.25, 0.3) is 11.4 Å². The first kappa shape index (κ1) is 15.4. The summed E-state index contributed by atoms with van der Waals surface area (Å²) in [6.45, 7) is 2.06. The van der Waals surface area contributed by atoms with E-state index in [2.05, 4.69) is 15.1 Å². The second-order valence-electron chi connectivity index (χ2n) is 5.98. The van der Waals surface area contributed by atoms with Gasteiger partial charge < -0.3 is 9.42 Å². The van der Waals surface area contributed by atoms with E-state index in [0.29, 0.717) is 29.5 Å². The van der Waals surface area contributed by atoms with Gasteiger partial charge in [-0.15, -0.1) is 0 Å². The average molecular weight is 338 g/mol. The summed E-state index contributed by atoms with van der Waals surface area (Å²) in [5.74, 6) is 0.258. The van der Waals surface area contributed by atoms with Crippen LogP contribution < -0.4 is 4.90 Å². The fourth-order valence-corrected chi connectivity index (χ4v) is 3.01. The minimum Gasteiger partial charge on any atom is -0.339 e. The number of benzene rings is 1. The zero-order valence-corrected chi connectivity index (χ0v) is 13.5. The summed E-state index contributed by atoms with van der Waals surface area (Å²) in [6.07, 6.45) is 3.56. The van der Waals surface area contributed by atoms with Crippen molar-refractivity contribution >= 4 is 11.6 Å². The van der Waals surface area contributed by atoms with Crippen LogP contribution >= 0.6 is 0 Å². The first-order valence-electron chi connectivity index (χ1n) is 7.93. The quantitative estimate of drug-likeness (QED) is 0.734. The number of rotatable bonds is 3. The van der Waals surface area contributed by atoms with Crippen molar-refractivity contribution in [3.8, 4) is 11.4 Å². The van der Waals surface area contributed by atoms with E-state index in [1.54, 1.807) is 48.5 Å². The van der Waals surface area contributed by atoms with Crippen LogP contribution in [0.4, 0.5) is 10.1 Å². The Morgan fingerprint density at radius 2 is 2.04 bits per heavy atom. The highest BCUT2D eigenvalue weighted by Gasteiger charge is 2.36. The number of nitrogens with zero attached hydrogens (tertiary/aromatic N) is 4. The molecule has 6 nitrogen and oxygen atoms in total. The Morgan fingerprint density at radius 3 is 2.84 bits per heavy atom. The molecule has 1 unspecified atom stereocenters. The fraction of sp³-hybridized carbons (Fsp3) is 0.222. The van der Waals surface area contributed by atoms with Gasteiger partial charge in [-0.1, -0.05) is 11.2 Å². The molecule has 1 fully saturated rings. The van der Waals surface area contributed by atoms with E-state index >= 15 is 0 Å². The van der Waals surface area contributed by atoms with Gasteiger partial charge in [0.05, 0.1) is 5.92 Å². The lowest BCUT2D eigenvalue weighted by atomic mass is 10.1. The van der Waals surface area contributed by atoms with Crippen LogP contribution in [0.2, 0.25) is 0 Å². The molecule has 7 heteroatoms. The molecule has 0 saturated carbocycles. The number of amides is 1. The van der Waals surface area contributed by atoms with E-state index in [9.17, 15) is 9.18 Å². The van der Waals surface area contributed by atoms with Gasteiger partial charge in [-0.25, -0.2) is 4.39 Å². The molecule has 0 bridgehead atoms. The molecule has 1 aliphatic rings. The minimum absolute atomic E-state index is 0.0811. The molecule has 4 rings (SSSR count). The molecular weight excluding hydrogens is 323 g/mol. The standard InChI is InChI=1S/C18H15FN4O2/c1-11-14(19)3-2-4-15(11)23-10-13(9-16(23)24)18-21-17(22-25-18)12-5-7-20-8-6-12/h2-8,13H,9-10H2,1H3. The van der Waals surface area contributed by atoms with Gasteiger partial charge in [0.2, 0.25) is 17.6 Å². The van der Waals surface area contributed by atoms with Crippen LogP contribution in [-0.4, -0.2) is 27.6 Å². The van der Waals surface area contributed by atoms with Crippen molar-refractivity contribution in [2.75, 3.05) is 11.4 Å². The summed E-state index contributed by atoms with van der Waals surface area (Å²) in [5, 5.41) is 3.98. The van der Waals surface area contributed by atoms with Crippen LogP contribution in [-0.2, 0) is 4.79 Å². The van der Waals surface area contributed by atoms with E-state index < -0.39 is 0 Å². The molecule has 0 aliphatic carbocycles. The maximum atomic E-state index is 13.8. The van der Waals surface area contributed by atoms with Crippen molar-refractivity contribution < 1.29 is 13.7 Å². The Balaban J connectivity index is 1.59. The van der Waals surface area contributed by atoms with Crippen LogP contribution in [0.1, 0.15) is 23.8 Å². The van der Waals surface area contributed by atoms with Crippen LogP contribution in [0.5, 0.6) is 0 Å². The van der Waals surface area contributed by atoms with Crippen LogP contribution in [0.3, 0.4) is 0 Å². The Bertz CT molecular complexity index is 926. The number of halogens is 1. The first-order chi connectivity index (χ1) is 12.1. The van der Waals surface area contributed by atoms with Crippen molar-refractivity contribution in [2.45, 2.75) is 19.3 Å². The number of anilines is 1. The summed E-state index contributed by atoms with van der Waals surface area (Å²) in [4.78, 5) is 22.3. The van der Waals surface area contributed by atoms with Crippen molar-refractivity contribution in [2.24, 2.45) is 0 Å². The molecule has 1 atom stereocenters. The maximum Gasteiger partial charge on any atom is 0.232 e. The first-order valence-corrected chi connectivity index (χ1v) is 7.93. The van der Waals surface area contributed by atoms with Gasteiger partial charge in [0, 0.05) is 42.2 Å². The average Bonchev–Trinajstić information content (AvgIpc) is 3.25. The second-order valence-corrected chi connectivity index (χ2v) is 5.98. The topological polar surface area (TPSA) is 72.1 Å². The Morgan fingerprint density at radius 1 is 1.24 bits per heavy atom. The molecule has 2 aromatic heterocycles. The molecule has 0 radical (unpaired) electrons. The van der Waals surface area contributed by atoms with E-state index in [4.69, 9.17) is 4.52 Å². The number of hydrogen-bond donors (Lipinski definition) is 0. The predicted octanol–water partition coefficient (Wildman–Crippen LogP) is 3.10. The smallest absolute Gasteiger partial charge is 0.232 e. The number of hydrogen-bond acceptors (Lipinski definition) is 5. The zero-order valence-electron chi connectivity index (χ0n) is 13.5. The van der Waals surface area contributed by atoms with Gasteiger partial charge in [-0.2, -0.15) is 4.98 Å². The molecule has 0 N–H and O–H groups in total. The molecule has 126 valence electrons. The third kappa shape index (κ3) is 2.77. The molecule has 1 saturated heterocycles. The van der Waals surface area contributed by atoms with Crippen molar-refractivity contribution in [3.63, 3.8) is 0 Å².